The second kappa shape index (κ2) is 5.17. The average Bonchev–Trinajstić information content (AvgIpc) is 3.09. The molecular formula is C20H16N4O. The van der Waals surface area contributed by atoms with Crippen LogP contribution in [0.2, 0.25) is 0 Å². The monoisotopic (exact) mass is 328 g/mol. The van der Waals surface area contributed by atoms with Crippen LogP contribution in [0.5, 0.6) is 0 Å². The molecule has 122 valence electrons. The zero-order valence-electron chi connectivity index (χ0n) is 13.7. The number of carbonyl (C=O) groups is 1. The zero-order valence-corrected chi connectivity index (χ0v) is 13.7. The maximum Gasteiger partial charge on any atom is 0.239 e. The highest BCUT2D eigenvalue weighted by Crippen LogP contribution is 2.61. The predicted octanol–water partition coefficient (Wildman–Crippen LogP) is 2.60. The number of carbonyl (C=O) groups excluding carboxylic acids is 1. The minimum absolute atomic E-state index is 0.210. The number of amides is 1. The number of hydrogen-bond acceptors (Lipinski definition) is 4. The van der Waals surface area contributed by atoms with Gasteiger partial charge in [-0.15, -0.1) is 0 Å². The van der Waals surface area contributed by atoms with E-state index in [2.05, 4.69) is 17.5 Å². The van der Waals surface area contributed by atoms with Gasteiger partial charge in [0.05, 0.1) is 18.2 Å². The molecule has 4 rings (SSSR count). The third-order valence-corrected chi connectivity index (χ3v) is 5.47. The van der Waals surface area contributed by atoms with Gasteiger partial charge in [0.15, 0.2) is 5.41 Å². The van der Waals surface area contributed by atoms with Gasteiger partial charge >= 0.3 is 0 Å². The Morgan fingerprint density at radius 2 is 1.72 bits per heavy atom. The number of likely N-dealkylation sites (tertiary alicyclic amines) is 1. The average molecular weight is 328 g/mol. The second-order valence-electron chi connectivity index (χ2n) is 6.66. The third-order valence-electron chi connectivity index (χ3n) is 5.47. The number of nitrogens with zero attached hydrogens (tertiary/aromatic N) is 3. The van der Waals surface area contributed by atoms with Crippen molar-refractivity contribution in [1.29, 1.82) is 10.5 Å². The van der Waals surface area contributed by atoms with E-state index in [1.54, 1.807) is 0 Å². The fourth-order valence-corrected chi connectivity index (χ4v) is 4.54. The van der Waals surface area contributed by atoms with Gasteiger partial charge < -0.3 is 5.32 Å². The van der Waals surface area contributed by atoms with E-state index < -0.39 is 16.9 Å². The van der Waals surface area contributed by atoms with Crippen LogP contribution in [0.1, 0.15) is 17.2 Å². The molecule has 2 aliphatic rings. The molecule has 0 unspecified atom stereocenters. The highest BCUT2D eigenvalue weighted by molar-refractivity contribution is 6.09. The number of fused-ring (bicyclic) bond motifs is 2. The van der Waals surface area contributed by atoms with Gasteiger partial charge in [-0.25, -0.2) is 0 Å². The molecule has 5 heteroatoms. The molecule has 1 saturated heterocycles. The van der Waals surface area contributed by atoms with Gasteiger partial charge in [-0.05, 0) is 24.2 Å². The van der Waals surface area contributed by atoms with E-state index in [0.29, 0.717) is 5.69 Å². The maximum atomic E-state index is 13.3. The topological polar surface area (TPSA) is 79.9 Å². The van der Waals surface area contributed by atoms with Gasteiger partial charge in [-0.1, -0.05) is 48.5 Å². The molecular weight excluding hydrogens is 312 g/mol. The molecule has 2 aliphatic heterocycles. The molecule has 0 radical (unpaired) electrons. The first kappa shape index (κ1) is 15.4. The van der Waals surface area contributed by atoms with Crippen molar-refractivity contribution in [3.8, 4) is 12.1 Å². The number of para-hydroxylation sites is 1. The molecule has 5 nitrogen and oxygen atoms in total. The SMILES string of the molecule is CN1CC(C#N)(C#N)[C@]2(C(=O)Nc3ccccc32)[C@@H]1c1ccccc1. The smallest absolute Gasteiger partial charge is 0.239 e. The Kier molecular flexibility index (Phi) is 3.18. The molecule has 1 amide bonds. The molecule has 2 heterocycles. The molecule has 2 aromatic carbocycles. The molecule has 25 heavy (non-hydrogen) atoms. The van der Waals surface area contributed by atoms with Crippen LogP contribution >= 0.6 is 0 Å². The normalized spacial score (nSPS) is 26.7. The Morgan fingerprint density at radius 1 is 1.08 bits per heavy atom. The lowest BCUT2D eigenvalue weighted by Crippen LogP contribution is -2.50. The van der Waals surface area contributed by atoms with Crippen molar-refractivity contribution in [2.24, 2.45) is 5.41 Å². The fraction of sp³-hybridized carbons (Fsp3) is 0.250. The number of nitriles is 2. The van der Waals surface area contributed by atoms with Gasteiger partial charge in [-0.2, -0.15) is 10.5 Å². The summed E-state index contributed by atoms with van der Waals surface area (Å²) in [5, 5.41) is 22.9. The number of nitrogens with one attached hydrogen (secondary N) is 1. The van der Waals surface area contributed by atoms with Gasteiger partial charge in [0.25, 0.3) is 0 Å². The van der Waals surface area contributed by atoms with E-state index in [0.717, 1.165) is 11.1 Å². The lowest BCUT2D eigenvalue weighted by molar-refractivity contribution is -0.123. The van der Waals surface area contributed by atoms with Crippen LogP contribution in [0.15, 0.2) is 54.6 Å². The molecule has 1 fully saturated rings. The molecule has 0 aromatic heterocycles. The van der Waals surface area contributed by atoms with Crippen LogP contribution in [-0.4, -0.2) is 24.4 Å². The summed E-state index contributed by atoms with van der Waals surface area (Å²) in [6, 6.07) is 21.0. The Hall–Kier alpha value is -3.15. The summed E-state index contributed by atoms with van der Waals surface area (Å²) in [6.45, 7) is 0.210. The fourth-order valence-electron chi connectivity index (χ4n) is 4.54. The molecule has 1 spiro atoms. The number of benzene rings is 2. The highest BCUT2D eigenvalue weighted by Gasteiger charge is 2.71. The van der Waals surface area contributed by atoms with Crippen molar-refractivity contribution in [1.82, 2.24) is 4.90 Å². The maximum absolute atomic E-state index is 13.3. The molecule has 2 aromatic rings. The lowest BCUT2D eigenvalue weighted by atomic mass is 9.59. The van der Waals surface area contributed by atoms with Crippen LogP contribution in [0.3, 0.4) is 0 Å². The van der Waals surface area contributed by atoms with Crippen LogP contribution < -0.4 is 5.32 Å². The minimum atomic E-state index is -1.46. The molecule has 0 saturated carbocycles. The van der Waals surface area contributed by atoms with Gasteiger partial charge in [-0.3, -0.25) is 9.69 Å². The number of likely N-dealkylation sites (N-methyl/N-ethyl adjacent to an activating group) is 1. The number of rotatable bonds is 1. The summed E-state index contributed by atoms with van der Waals surface area (Å²) in [4.78, 5) is 15.2. The van der Waals surface area contributed by atoms with E-state index in [9.17, 15) is 15.3 Å². The van der Waals surface area contributed by atoms with E-state index in [1.807, 2.05) is 66.5 Å². The summed E-state index contributed by atoms with van der Waals surface area (Å²) in [5.74, 6) is -0.282. The first-order valence-electron chi connectivity index (χ1n) is 8.09. The summed E-state index contributed by atoms with van der Waals surface area (Å²) in [5.41, 5.74) is -0.397. The molecule has 0 aliphatic carbocycles. The van der Waals surface area contributed by atoms with Crippen LogP contribution in [-0.2, 0) is 10.2 Å². The standard InChI is InChI=1S/C20H16N4O/c1-24-13-19(11-21,12-22)20(17(24)14-7-3-2-4-8-14)15-9-5-6-10-16(15)23-18(20)25/h2-10,17H,13H2,1H3,(H,23,25)/t17-,20-/m0/s1. The quantitative estimate of drug-likeness (QED) is 0.872. The number of anilines is 1. The van der Waals surface area contributed by atoms with Crippen molar-refractivity contribution in [3.63, 3.8) is 0 Å². The Morgan fingerprint density at radius 3 is 2.40 bits per heavy atom. The van der Waals surface area contributed by atoms with Gasteiger partial charge in [0, 0.05) is 12.2 Å². The predicted molar refractivity (Wildman–Crippen MR) is 92.2 cm³/mol. The summed E-state index contributed by atoms with van der Waals surface area (Å²) in [6.07, 6.45) is 0. The van der Waals surface area contributed by atoms with Gasteiger partial charge in [0.2, 0.25) is 5.91 Å². The van der Waals surface area contributed by atoms with Crippen molar-refractivity contribution in [2.75, 3.05) is 18.9 Å². The van der Waals surface area contributed by atoms with Crippen molar-refractivity contribution in [3.05, 3.63) is 65.7 Å². The molecule has 2 atom stereocenters. The number of hydrogen-bond donors (Lipinski definition) is 1. The summed E-state index contributed by atoms with van der Waals surface area (Å²) >= 11 is 0. The molecule has 1 N–H and O–H groups in total. The third kappa shape index (κ3) is 1.71. The van der Waals surface area contributed by atoms with Crippen molar-refractivity contribution >= 4 is 11.6 Å². The summed E-state index contributed by atoms with van der Waals surface area (Å²) in [7, 11) is 1.87. The van der Waals surface area contributed by atoms with E-state index >= 15 is 0 Å². The summed E-state index contributed by atoms with van der Waals surface area (Å²) < 4.78 is 0. The Balaban J connectivity index is 2.09. The van der Waals surface area contributed by atoms with Crippen molar-refractivity contribution in [2.45, 2.75) is 11.5 Å². The van der Waals surface area contributed by atoms with Gasteiger partial charge in [0.1, 0.15) is 5.41 Å². The first-order valence-corrected chi connectivity index (χ1v) is 8.09. The first-order chi connectivity index (χ1) is 12.1. The van der Waals surface area contributed by atoms with E-state index in [1.165, 1.54) is 0 Å². The Bertz CT molecular complexity index is 926. The van der Waals surface area contributed by atoms with Crippen LogP contribution in [0, 0.1) is 28.1 Å². The van der Waals surface area contributed by atoms with Crippen molar-refractivity contribution < 1.29 is 4.79 Å². The lowest BCUT2D eigenvalue weighted by Gasteiger charge is -2.36. The van der Waals surface area contributed by atoms with E-state index in [-0.39, 0.29) is 12.5 Å². The Labute approximate surface area is 146 Å². The molecule has 0 bridgehead atoms. The zero-order chi connectivity index (χ0) is 17.7. The van der Waals surface area contributed by atoms with Crippen LogP contribution in [0.25, 0.3) is 0 Å². The largest absolute Gasteiger partial charge is 0.325 e. The second-order valence-corrected chi connectivity index (χ2v) is 6.66. The minimum Gasteiger partial charge on any atom is -0.325 e. The van der Waals surface area contributed by atoms with Crippen LogP contribution in [0.4, 0.5) is 5.69 Å². The highest BCUT2D eigenvalue weighted by atomic mass is 16.2. The van der Waals surface area contributed by atoms with E-state index in [4.69, 9.17) is 0 Å².